The van der Waals surface area contributed by atoms with Gasteiger partial charge in [0.15, 0.2) is 5.11 Å². The lowest BCUT2D eigenvalue weighted by molar-refractivity contribution is 0.332. The van der Waals surface area contributed by atoms with E-state index in [2.05, 4.69) is 28.9 Å². The van der Waals surface area contributed by atoms with E-state index in [1.807, 2.05) is 0 Å². The molecule has 0 amide bonds. The standard InChI is InChI=1S/C11H14N2S/c14-11-12-9-6-5-7-3-1-2-4-8(7)10(9)13-11/h1-3,8-10H,4-6H2,(H2,12,13,14). The van der Waals surface area contributed by atoms with Crippen LogP contribution in [0.4, 0.5) is 0 Å². The van der Waals surface area contributed by atoms with Gasteiger partial charge in [-0.2, -0.15) is 0 Å². The fourth-order valence-corrected chi connectivity index (χ4v) is 3.13. The van der Waals surface area contributed by atoms with Gasteiger partial charge in [-0.15, -0.1) is 0 Å². The van der Waals surface area contributed by atoms with Crippen molar-refractivity contribution in [3.05, 3.63) is 23.8 Å². The summed E-state index contributed by atoms with van der Waals surface area (Å²) in [4.78, 5) is 0. The molecule has 14 heavy (non-hydrogen) atoms. The third-order valence-electron chi connectivity index (χ3n) is 3.54. The average molecular weight is 206 g/mol. The Hall–Kier alpha value is -0.830. The Morgan fingerprint density at radius 3 is 3.21 bits per heavy atom. The highest BCUT2D eigenvalue weighted by Crippen LogP contribution is 2.36. The predicted octanol–water partition coefficient (Wildman–Crippen LogP) is 1.50. The van der Waals surface area contributed by atoms with Crippen molar-refractivity contribution in [3.8, 4) is 0 Å². The normalized spacial score (nSPS) is 39.3. The first-order valence-corrected chi connectivity index (χ1v) is 5.68. The summed E-state index contributed by atoms with van der Waals surface area (Å²) in [6, 6.07) is 1.10. The molecule has 0 aromatic rings. The Balaban J connectivity index is 1.89. The molecule has 0 radical (unpaired) electrons. The van der Waals surface area contributed by atoms with E-state index in [-0.39, 0.29) is 0 Å². The van der Waals surface area contributed by atoms with Gasteiger partial charge in [0.05, 0.1) is 6.04 Å². The van der Waals surface area contributed by atoms with Crippen molar-refractivity contribution in [2.24, 2.45) is 5.92 Å². The summed E-state index contributed by atoms with van der Waals surface area (Å²) in [5.74, 6) is 0.673. The first-order valence-electron chi connectivity index (χ1n) is 5.27. The van der Waals surface area contributed by atoms with Crippen molar-refractivity contribution in [3.63, 3.8) is 0 Å². The van der Waals surface area contributed by atoms with Crippen molar-refractivity contribution in [1.82, 2.24) is 10.6 Å². The quantitative estimate of drug-likeness (QED) is 0.587. The lowest BCUT2D eigenvalue weighted by atomic mass is 9.74. The van der Waals surface area contributed by atoms with Crippen molar-refractivity contribution in [1.29, 1.82) is 0 Å². The zero-order valence-corrected chi connectivity index (χ0v) is 8.81. The molecule has 3 aliphatic rings. The Bertz CT molecular complexity index is 332. The molecule has 1 heterocycles. The maximum absolute atomic E-state index is 5.17. The lowest BCUT2D eigenvalue weighted by Crippen LogP contribution is -2.44. The number of hydrogen-bond acceptors (Lipinski definition) is 1. The molecule has 2 N–H and O–H groups in total. The van der Waals surface area contributed by atoms with Gasteiger partial charge < -0.3 is 10.6 Å². The summed E-state index contributed by atoms with van der Waals surface area (Å²) in [7, 11) is 0. The molecule has 0 aromatic carbocycles. The molecule has 3 atom stereocenters. The Morgan fingerprint density at radius 2 is 2.29 bits per heavy atom. The second-order valence-electron chi connectivity index (χ2n) is 4.30. The van der Waals surface area contributed by atoms with E-state index < -0.39 is 0 Å². The molecule has 0 bridgehead atoms. The van der Waals surface area contributed by atoms with Gasteiger partial charge >= 0.3 is 0 Å². The van der Waals surface area contributed by atoms with Crippen LogP contribution in [0, 0.1) is 5.92 Å². The van der Waals surface area contributed by atoms with Gasteiger partial charge in [0, 0.05) is 12.0 Å². The topological polar surface area (TPSA) is 24.1 Å². The van der Waals surface area contributed by atoms with Crippen LogP contribution in [0.2, 0.25) is 0 Å². The Labute approximate surface area is 89.5 Å². The van der Waals surface area contributed by atoms with Crippen molar-refractivity contribution < 1.29 is 0 Å². The van der Waals surface area contributed by atoms with Crippen molar-refractivity contribution >= 4 is 17.3 Å². The molecule has 3 rings (SSSR count). The summed E-state index contributed by atoms with van der Waals surface area (Å²) in [5, 5.41) is 7.60. The zero-order valence-electron chi connectivity index (χ0n) is 7.99. The van der Waals surface area contributed by atoms with E-state index in [0.717, 1.165) is 5.11 Å². The average Bonchev–Trinajstić information content (AvgIpc) is 2.59. The number of allylic oxidation sites excluding steroid dienone is 3. The molecule has 74 valence electrons. The number of nitrogens with one attached hydrogen (secondary N) is 2. The third-order valence-corrected chi connectivity index (χ3v) is 3.77. The van der Waals surface area contributed by atoms with Gasteiger partial charge in [-0.25, -0.2) is 0 Å². The predicted molar refractivity (Wildman–Crippen MR) is 61.0 cm³/mol. The summed E-state index contributed by atoms with van der Waals surface area (Å²) >= 11 is 5.17. The minimum atomic E-state index is 0.535. The van der Waals surface area contributed by atoms with Crippen molar-refractivity contribution in [2.75, 3.05) is 0 Å². The van der Waals surface area contributed by atoms with E-state index in [1.54, 1.807) is 5.57 Å². The van der Waals surface area contributed by atoms with Crippen molar-refractivity contribution in [2.45, 2.75) is 31.3 Å². The summed E-state index contributed by atoms with van der Waals surface area (Å²) in [5.41, 5.74) is 1.60. The largest absolute Gasteiger partial charge is 0.358 e. The highest BCUT2D eigenvalue weighted by molar-refractivity contribution is 7.80. The van der Waals surface area contributed by atoms with Crippen LogP contribution in [0.1, 0.15) is 19.3 Å². The highest BCUT2D eigenvalue weighted by Gasteiger charge is 2.40. The van der Waals surface area contributed by atoms with Gasteiger partial charge in [-0.1, -0.05) is 23.8 Å². The first kappa shape index (κ1) is 8.48. The number of hydrogen-bond donors (Lipinski definition) is 2. The van der Waals surface area contributed by atoms with Crippen LogP contribution in [0.3, 0.4) is 0 Å². The Kier molecular flexibility index (Phi) is 1.87. The van der Waals surface area contributed by atoms with Crippen LogP contribution >= 0.6 is 12.2 Å². The molecule has 2 nitrogen and oxygen atoms in total. The smallest absolute Gasteiger partial charge is 0.166 e. The van der Waals surface area contributed by atoms with E-state index in [1.165, 1.54) is 19.3 Å². The van der Waals surface area contributed by atoms with Gasteiger partial charge in [0.25, 0.3) is 0 Å². The van der Waals surface area contributed by atoms with Gasteiger partial charge in [-0.05, 0) is 31.5 Å². The monoisotopic (exact) mass is 206 g/mol. The van der Waals surface area contributed by atoms with Crippen LogP contribution in [-0.4, -0.2) is 17.2 Å². The summed E-state index contributed by atoms with van der Waals surface area (Å²) in [6.07, 6.45) is 10.4. The fourth-order valence-electron chi connectivity index (χ4n) is 2.84. The van der Waals surface area contributed by atoms with E-state index in [9.17, 15) is 0 Å². The first-order chi connectivity index (χ1) is 6.84. The van der Waals surface area contributed by atoms with Crippen LogP contribution in [0.15, 0.2) is 23.8 Å². The molecule has 2 aliphatic carbocycles. The minimum Gasteiger partial charge on any atom is -0.358 e. The Morgan fingerprint density at radius 1 is 1.36 bits per heavy atom. The van der Waals surface area contributed by atoms with Gasteiger partial charge in [-0.3, -0.25) is 0 Å². The number of fused-ring (bicyclic) bond motifs is 3. The second kappa shape index (κ2) is 3.09. The molecule has 0 aromatic heterocycles. The molecule has 3 heteroatoms. The van der Waals surface area contributed by atoms with E-state index >= 15 is 0 Å². The summed E-state index contributed by atoms with van der Waals surface area (Å²) < 4.78 is 0. The van der Waals surface area contributed by atoms with Gasteiger partial charge in [0.2, 0.25) is 0 Å². The molecule has 0 spiro atoms. The summed E-state index contributed by atoms with van der Waals surface area (Å²) in [6.45, 7) is 0. The third kappa shape index (κ3) is 1.19. The molecule has 3 unspecified atom stereocenters. The molecular weight excluding hydrogens is 192 g/mol. The fraction of sp³-hybridized carbons (Fsp3) is 0.545. The molecule has 1 saturated carbocycles. The molecule has 1 saturated heterocycles. The van der Waals surface area contributed by atoms with Crippen LogP contribution in [0.25, 0.3) is 0 Å². The number of rotatable bonds is 0. The maximum Gasteiger partial charge on any atom is 0.166 e. The number of thiocarbonyl (C=S) groups is 1. The minimum absolute atomic E-state index is 0.535. The van der Waals surface area contributed by atoms with Crippen LogP contribution < -0.4 is 10.6 Å². The zero-order chi connectivity index (χ0) is 9.54. The van der Waals surface area contributed by atoms with Gasteiger partial charge in [0.1, 0.15) is 0 Å². The molecule has 2 fully saturated rings. The lowest BCUT2D eigenvalue weighted by Gasteiger charge is -2.35. The van der Waals surface area contributed by atoms with Crippen LogP contribution in [0.5, 0.6) is 0 Å². The maximum atomic E-state index is 5.17. The highest BCUT2D eigenvalue weighted by atomic mass is 32.1. The van der Waals surface area contributed by atoms with E-state index in [0.29, 0.717) is 18.0 Å². The second-order valence-corrected chi connectivity index (χ2v) is 4.71. The SMILES string of the molecule is S=C1NC2CCC3=CC=CCC3C2N1. The molecule has 1 aliphatic heterocycles. The van der Waals surface area contributed by atoms with E-state index in [4.69, 9.17) is 12.2 Å². The molecular formula is C11H14N2S. The van der Waals surface area contributed by atoms with Crippen LogP contribution in [-0.2, 0) is 0 Å².